The van der Waals surface area contributed by atoms with Crippen molar-refractivity contribution in [2.24, 2.45) is 0 Å². The Balaban J connectivity index is 0.000000189. The molecule has 17 nitrogen and oxygen atoms in total. The number of hydrogen-bond donors (Lipinski definition) is 7. The molecule has 0 unspecified atom stereocenters. The number of rotatable bonds is 15. The van der Waals surface area contributed by atoms with Crippen molar-refractivity contribution in [3.8, 4) is 17.8 Å². The van der Waals surface area contributed by atoms with Crippen molar-refractivity contribution in [3.63, 3.8) is 0 Å². The number of aromatic amines is 1. The minimum Gasteiger partial charge on any atom is -0.473 e. The van der Waals surface area contributed by atoms with E-state index >= 15 is 0 Å². The Morgan fingerprint density at radius 3 is 1.43 bits per heavy atom. The van der Waals surface area contributed by atoms with Crippen LogP contribution in [0.2, 0.25) is 5.15 Å². The van der Waals surface area contributed by atoms with Gasteiger partial charge in [0.2, 0.25) is 23.7 Å². The van der Waals surface area contributed by atoms with Crippen LogP contribution in [-0.2, 0) is 39.5 Å². The summed E-state index contributed by atoms with van der Waals surface area (Å²) in [6, 6.07) is 28.3. The van der Waals surface area contributed by atoms with Gasteiger partial charge in [-0.2, -0.15) is 19.9 Å². The third-order valence-corrected chi connectivity index (χ3v) is 9.47. The largest absolute Gasteiger partial charge is 0.473 e. The van der Waals surface area contributed by atoms with E-state index in [4.69, 9.17) is 43.0 Å². The first-order valence-electron chi connectivity index (χ1n) is 21.9. The van der Waals surface area contributed by atoms with Crippen molar-refractivity contribution in [1.82, 2.24) is 55.8 Å². The molecular weight excluding hydrogens is 868 g/mol. The van der Waals surface area contributed by atoms with Crippen molar-refractivity contribution < 1.29 is 14.2 Å². The molecule has 0 saturated carbocycles. The summed E-state index contributed by atoms with van der Waals surface area (Å²) in [6.45, 7) is 23.1. The lowest BCUT2D eigenvalue weighted by Gasteiger charge is -2.20. The van der Waals surface area contributed by atoms with E-state index in [2.05, 4.69) is 155 Å². The molecule has 0 aliphatic rings. The standard InChI is InChI=1S/C17H22N6O.C16H21ClN4O.C16H22N4O/c1-17(2,3)21-8-11-4-6-12(7-5-11)9-24-15-13-14(20-10-19-13)22-16(18)23-15;1-16(2,3)19-9-11-4-6-12(7-5-11)10-22-14-8-13(17)20-15(18)21-14;1-16(2,3)19-10-12-4-6-13(7-5-12)11-21-15-18-9-8-14(17)20-15/h4-7,10,21H,8-9H2,1-3H3,(H3,18,19,20,22,23);4-8,19H,9-10H2,1-3H3,(H2,18,20,21);4-9,19H,10-11H2,1-3H3,(H2,17,18,20). The average molecular weight is 934 g/mol. The number of nitrogen functional groups attached to an aromatic ring is 3. The molecule has 0 saturated heterocycles. The monoisotopic (exact) mass is 933 g/mol. The van der Waals surface area contributed by atoms with E-state index in [9.17, 15) is 0 Å². The maximum Gasteiger partial charge on any atom is 0.318 e. The second-order valence-corrected chi connectivity index (χ2v) is 19.2. The van der Waals surface area contributed by atoms with Gasteiger partial charge in [-0.1, -0.05) is 84.4 Å². The highest BCUT2D eigenvalue weighted by atomic mass is 35.5. The van der Waals surface area contributed by atoms with Gasteiger partial charge in [0.05, 0.1) is 6.33 Å². The Morgan fingerprint density at radius 2 is 0.970 bits per heavy atom. The average Bonchev–Trinajstić information content (AvgIpc) is 3.74. The fraction of sp³-hybridized carbons (Fsp3) is 0.367. The number of fused-ring (bicyclic) bond motifs is 1. The molecule has 0 atom stereocenters. The summed E-state index contributed by atoms with van der Waals surface area (Å²) in [4.78, 5) is 31.0. The highest BCUT2D eigenvalue weighted by Gasteiger charge is 2.13. The number of nitrogens with one attached hydrogen (secondary N) is 4. The lowest BCUT2D eigenvalue weighted by molar-refractivity contribution is 0.281. The van der Waals surface area contributed by atoms with Gasteiger partial charge in [-0.25, -0.2) is 15.0 Å². The van der Waals surface area contributed by atoms with Gasteiger partial charge >= 0.3 is 6.01 Å². The molecule has 7 rings (SSSR count). The third-order valence-electron chi connectivity index (χ3n) is 9.28. The Bertz CT molecular complexity index is 2570. The van der Waals surface area contributed by atoms with E-state index in [1.54, 1.807) is 24.7 Å². The normalized spacial score (nSPS) is 11.6. The quantitative estimate of drug-likeness (QED) is 0.0480. The highest BCUT2D eigenvalue weighted by Crippen LogP contribution is 2.21. The van der Waals surface area contributed by atoms with Gasteiger partial charge in [-0.3, -0.25) is 0 Å². The zero-order chi connectivity index (χ0) is 48.6. The molecule has 18 heteroatoms. The molecule has 4 aromatic heterocycles. The van der Waals surface area contributed by atoms with Gasteiger partial charge in [-0.15, -0.1) is 0 Å². The third kappa shape index (κ3) is 19.4. The summed E-state index contributed by atoms with van der Waals surface area (Å²) in [7, 11) is 0. The van der Waals surface area contributed by atoms with Crippen LogP contribution in [0, 0.1) is 0 Å². The summed E-state index contributed by atoms with van der Waals surface area (Å²) in [5.41, 5.74) is 25.1. The van der Waals surface area contributed by atoms with Gasteiger partial charge in [0.25, 0.3) is 0 Å². The van der Waals surface area contributed by atoms with Gasteiger partial charge < -0.3 is 52.3 Å². The first kappa shape index (κ1) is 51.3. The van der Waals surface area contributed by atoms with E-state index in [1.165, 1.54) is 16.7 Å². The predicted octanol–water partition coefficient (Wildman–Crippen LogP) is 8.11. The Kier molecular flexibility index (Phi) is 18.1. The summed E-state index contributed by atoms with van der Waals surface area (Å²) >= 11 is 5.81. The van der Waals surface area contributed by atoms with Crippen LogP contribution in [0.4, 0.5) is 17.7 Å². The topological polar surface area (TPSA) is 248 Å². The second-order valence-electron chi connectivity index (χ2n) is 18.8. The van der Waals surface area contributed by atoms with Gasteiger partial charge in [0.15, 0.2) is 5.65 Å². The molecule has 0 aliphatic carbocycles. The van der Waals surface area contributed by atoms with Gasteiger partial charge in [0.1, 0.15) is 36.3 Å². The number of anilines is 3. The van der Waals surface area contributed by atoms with E-state index in [-0.39, 0.29) is 33.7 Å². The number of halogens is 1. The van der Waals surface area contributed by atoms with Gasteiger partial charge in [-0.05, 0) is 102 Å². The van der Waals surface area contributed by atoms with Crippen LogP contribution < -0.4 is 47.4 Å². The van der Waals surface area contributed by atoms with Crippen molar-refractivity contribution in [1.29, 1.82) is 0 Å². The number of aromatic nitrogens is 8. The molecule has 0 bridgehead atoms. The molecule has 10 N–H and O–H groups in total. The SMILES string of the molecule is CC(C)(C)NCc1ccc(COc2cc(Cl)nc(N)n2)cc1.CC(C)(C)NCc1ccc(COc2nc(N)nc3nc[nH]c23)cc1.CC(C)(C)NCc1ccc(COc2nccc(N)n2)cc1. The van der Waals surface area contributed by atoms with E-state index in [1.807, 2.05) is 36.4 Å². The summed E-state index contributed by atoms with van der Waals surface area (Å²) in [5.74, 6) is 1.44. The van der Waals surface area contributed by atoms with Crippen molar-refractivity contribution in [2.45, 2.75) is 118 Å². The van der Waals surface area contributed by atoms with Gasteiger partial charge in [0, 0.05) is 48.5 Å². The molecule has 0 spiro atoms. The van der Waals surface area contributed by atoms with Crippen LogP contribution in [-0.4, -0.2) is 56.5 Å². The molecule has 0 radical (unpaired) electrons. The second kappa shape index (κ2) is 23.7. The molecule has 4 heterocycles. The van der Waals surface area contributed by atoms with Crippen LogP contribution in [0.25, 0.3) is 11.2 Å². The molecule has 67 heavy (non-hydrogen) atoms. The molecular formula is C49H65ClN14O3. The molecule has 0 aliphatic heterocycles. The first-order valence-corrected chi connectivity index (χ1v) is 22.2. The van der Waals surface area contributed by atoms with E-state index < -0.39 is 0 Å². The number of ether oxygens (including phenoxy) is 3. The fourth-order valence-corrected chi connectivity index (χ4v) is 5.84. The number of imidazole rings is 1. The summed E-state index contributed by atoms with van der Waals surface area (Å²) in [6.07, 6.45) is 3.13. The molecule has 7 aromatic rings. The zero-order valence-electron chi connectivity index (χ0n) is 39.9. The smallest absolute Gasteiger partial charge is 0.318 e. The molecule has 3 aromatic carbocycles. The van der Waals surface area contributed by atoms with Crippen LogP contribution in [0.15, 0.2) is 97.5 Å². The predicted molar refractivity (Wildman–Crippen MR) is 266 cm³/mol. The molecule has 0 amide bonds. The fourth-order valence-electron chi connectivity index (χ4n) is 5.66. The molecule has 0 fully saturated rings. The molecule has 356 valence electrons. The minimum atomic E-state index is 0.101. The Hall–Kier alpha value is -6.66. The van der Waals surface area contributed by atoms with Crippen molar-refractivity contribution >= 4 is 40.5 Å². The zero-order valence-corrected chi connectivity index (χ0v) is 40.7. The van der Waals surface area contributed by atoms with E-state index in [0.717, 1.165) is 36.3 Å². The Morgan fingerprint density at radius 1 is 0.522 bits per heavy atom. The number of H-pyrrole nitrogens is 1. The summed E-state index contributed by atoms with van der Waals surface area (Å²) in [5, 5.41) is 10.6. The maximum atomic E-state index is 5.81. The Labute approximate surface area is 398 Å². The van der Waals surface area contributed by atoms with E-state index in [0.29, 0.717) is 54.6 Å². The first-order chi connectivity index (χ1) is 31.6. The number of nitrogens with two attached hydrogens (primary N) is 3. The van der Waals surface area contributed by atoms with Crippen LogP contribution in [0.5, 0.6) is 17.8 Å². The number of nitrogens with zero attached hydrogens (tertiary/aromatic N) is 7. The van der Waals surface area contributed by atoms with Crippen molar-refractivity contribution in [3.05, 3.63) is 136 Å². The lowest BCUT2D eigenvalue weighted by Crippen LogP contribution is -2.35. The highest BCUT2D eigenvalue weighted by molar-refractivity contribution is 6.29. The van der Waals surface area contributed by atoms with Crippen LogP contribution in [0.3, 0.4) is 0 Å². The lowest BCUT2D eigenvalue weighted by atomic mass is 10.1. The maximum absolute atomic E-state index is 5.81. The van der Waals surface area contributed by atoms with Crippen molar-refractivity contribution in [2.75, 3.05) is 17.2 Å². The van der Waals surface area contributed by atoms with Crippen LogP contribution in [0.1, 0.15) is 95.7 Å². The summed E-state index contributed by atoms with van der Waals surface area (Å²) < 4.78 is 16.9. The number of hydrogen-bond acceptors (Lipinski definition) is 16. The minimum absolute atomic E-state index is 0.101. The van der Waals surface area contributed by atoms with Crippen LogP contribution >= 0.6 is 11.6 Å². The number of benzene rings is 3.